The molecule has 0 aromatic heterocycles. The molecule has 2 unspecified atom stereocenters. The first-order chi connectivity index (χ1) is 17.2. The fraction of sp³-hybridized carbons (Fsp3) is 0.500. The summed E-state index contributed by atoms with van der Waals surface area (Å²) in [6.07, 6.45) is 2.13. The number of carbonyl (C=O) groups excluding carboxylic acids is 2. The van der Waals surface area contributed by atoms with E-state index < -0.39 is 0 Å². The second-order valence-corrected chi connectivity index (χ2v) is 11.0. The molecule has 6 nitrogen and oxygen atoms in total. The Kier molecular flexibility index (Phi) is 10.7. The lowest BCUT2D eigenvalue weighted by Gasteiger charge is -2.34. The molecule has 0 saturated carbocycles. The van der Waals surface area contributed by atoms with Gasteiger partial charge in [0.1, 0.15) is 11.5 Å². The molecule has 196 valence electrons. The number of hydrogen-bond acceptors (Lipinski definition) is 4. The molecular weight excluding hydrogens is 588 g/mol. The molecule has 36 heavy (non-hydrogen) atoms. The molecule has 0 spiro atoms. The highest BCUT2D eigenvalue weighted by molar-refractivity contribution is 9.10. The van der Waals surface area contributed by atoms with Gasteiger partial charge in [-0.1, -0.05) is 39.8 Å². The van der Waals surface area contributed by atoms with Gasteiger partial charge in [-0.3, -0.25) is 9.59 Å². The Morgan fingerprint density at radius 1 is 0.750 bits per heavy atom. The lowest BCUT2D eigenvalue weighted by molar-refractivity contribution is -0.141. The van der Waals surface area contributed by atoms with Crippen molar-refractivity contribution in [3.8, 4) is 11.5 Å². The van der Waals surface area contributed by atoms with E-state index in [1.165, 1.54) is 11.1 Å². The van der Waals surface area contributed by atoms with Crippen molar-refractivity contribution in [1.82, 2.24) is 9.80 Å². The zero-order chi connectivity index (χ0) is 26.2. The van der Waals surface area contributed by atoms with Crippen molar-refractivity contribution in [2.75, 3.05) is 39.4 Å². The van der Waals surface area contributed by atoms with Gasteiger partial charge in [-0.2, -0.15) is 0 Å². The average molecular weight is 624 g/mol. The van der Waals surface area contributed by atoms with Crippen LogP contribution in [0, 0.1) is 0 Å². The molecule has 0 bridgehead atoms. The molecule has 2 aromatic carbocycles. The van der Waals surface area contributed by atoms with Crippen molar-refractivity contribution in [2.45, 2.75) is 52.4 Å². The summed E-state index contributed by atoms with van der Waals surface area (Å²) in [5.41, 5.74) is 2.48. The van der Waals surface area contributed by atoms with Crippen LogP contribution < -0.4 is 9.47 Å². The number of ether oxygens (including phenoxy) is 2. The van der Waals surface area contributed by atoms with E-state index in [4.69, 9.17) is 9.47 Å². The highest BCUT2D eigenvalue weighted by Gasteiger charge is 2.25. The summed E-state index contributed by atoms with van der Waals surface area (Å²) in [6.45, 7) is 10.6. The van der Waals surface area contributed by atoms with Crippen molar-refractivity contribution in [1.29, 1.82) is 0 Å². The molecule has 0 radical (unpaired) electrons. The van der Waals surface area contributed by atoms with Gasteiger partial charge in [-0.25, -0.2) is 0 Å². The van der Waals surface area contributed by atoms with Gasteiger partial charge in [0.15, 0.2) is 13.2 Å². The lowest BCUT2D eigenvalue weighted by atomic mass is 9.99. The fourth-order valence-electron chi connectivity index (χ4n) is 4.02. The molecule has 1 aliphatic heterocycles. The normalized spacial score (nSPS) is 15.4. The van der Waals surface area contributed by atoms with E-state index in [1.807, 2.05) is 24.3 Å². The first-order valence-electron chi connectivity index (χ1n) is 12.6. The van der Waals surface area contributed by atoms with Crippen LogP contribution >= 0.6 is 31.9 Å². The molecule has 2 amide bonds. The van der Waals surface area contributed by atoms with Gasteiger partial charge in [-0.15, -0.1) is 0 Å². The van der Waals surface area contributed by atoms with Crippen molar-refractivity contribution in [3.63, 3.8) is 0 Å². The molecule has 3 rings (SSSR count). The summed E-state index contributed by atoms with van der Waals surface area (Å²) in [5, 5.41) is 0. The molecule has 1 saturated heterocycles. The molecule has 2 atom stereocenters. The zero-order valence-electron chi connectivity index (χ0n) is 21.6. The van der Waals surface area contributed by atoms with Crippen LogP contribution in [0.25, 0.3) is 0 Å². The van der Waals surface area contributed by atoms with Gasteiger partial charge in [0, 0.05) is 26.2 Å². The van der Waals surface area contributed by atoms with E-state index in [1.54, 1.807) is 9.80 Å². The number of carbonyl (C=O) groups is 2. The summed E-state index contributed by atoms with van der Waals surface area (Å²) in [4.78, 5) is 28.8. The Morgan fingerprint density at radius 2 is 1.11 bits per heavy atom. The Morgan fingerprint density at radius 3 is 1.42 bits per heavy atom. The lowest BCUT2D eigenvalue weighted by Crippen LogP contribution is -2.52. The highest BCUT2D eigenvalue weighted by Crippen LogP contribution is 2.31. The van der Waals surface area contributed by atoms with Crippen LogP contribution in [0.1, 0.15) is 63.5 Å². The van der Waals surface area contributed by atoms with Crippen LogP contribution in [0.3, 0.4) is 0 Å². The van der Waals surface area contributed by atoms with Gasteiger partial charge in [0.05, 0.1) is 8.95 Å². The molecule has 0 aliphatic carbocycles. The number of rotatable bonds is 10. The number of amides is 2. The van der Waals surface area contributed by atoms with E-state index >= 15 is 0 Å². The molecule has 2 aromatic rings. The van der Waals surface area contributed by atoms with Crippen LogP contribution in [0.5, 0.6) is 11.5 Å². The second-order valence-electron chi connectivity index (χ2n) is 9.34. The van der Waals surface area contributed by atoms with Crippen LogP contribution in [0.4, 0.5) is 0 Å². The van der Waals surface area contributed by atoms with Crippen LogP contribution in [-0.2, 0) is 9.59 Å². The van der Waals surface area contributed by atoms with Gasteiger partial charge in [-0.05, 0) is 91.9 Å². The molecule has 1 aliphatic rings. The van der Waals surface area contributed by atoms with Gasteiger partial charge >= 0.3 is 0 Å². The molecular formula is C28H36Br2N2O4. The predicted molar refractivity (Wildman–Crippen MR) is 150 cm³/mol. The first kappa shape index (κ1) is 28.5. The van der Waals surface area contributed by atoms with Gasteiger partial charge < -0.3 is 19.3 Å². The fourth-order valence-corrected chi connectivity index (χ4v) is 5.04. The quantitative estimate of drug-likeness (QED) is 0.309. The number of hydrogen-bond donors (Lipinski definition) is 0. The molecule has 8 heteroatoms. The van der Waals surface area contributed by atoms with Crippen molar-refractivity contribution in [3.05, 3.63) is 56.5 Å². The maximum Gasteiger partial charge on any atom is 0.260 e. The number of benzene rings is 2. The van der Waals surface area contributed by atoms with Gasteiger partial charge in [0.2, 0.25) is 0 Å². The van der Waals surface area contributed by atoms with Crippen LogP contribution in [0.15, 0.2) is 45.3 Å². The minimum atomic E-state index is -0.0819. The van der Waals surface area contributed by atoms with E-state index in [0.29, 0.717) is 49.5 Å². The summed E-state index contributed by atoms with van der Waals surface area (Å²) in [7, 11) is 0. The van der Waals surface area contributed by atoms with E-state index in [-0.39, 0.29) is 25.0 Å². The van der Waals surface area contributed by atoms with Gasteiger partial charge in [0.25, 0.3) is 11.8 Å². The number of piperazine rings is 1. The highest BCUT2D eigenvalue weighted by atomic mass is 79.9. The average Bonchev–Trinajstić information content (AvgIpc) is 2.90. The predicted octanol–water partition coefficient (Wildman–Crippen LogP) is 6.37. The smallest absolute Gasteiger partial charge is 0.260 e. The third kappa shape index (κ3) is 7.48. The molecule has 1 fully saturated rings. The number of nitrogens with zero attached hydrogens (tertiary/aromatic N) is 2. The second kappa shape index (κ2) is 13.5. The van der Waals surface area contributed by atoms with Crippen LogP contribution in [0.2, 0.25) is 0 Å². The van der Waals surface area contributed by atoms with E-state index in [2.05, 4.69) is 71.7 Å². The summed E-state index contributed by atoms with van der Waals surface area (Å²) in [5.74, 6) is 2.09. The third-order valence-corrected chi connectivity index (χ3v) is 8.20. The van der Waals surface area contributed by atoms with Crippen molar-refractivity contribution >= 4 is 43.7 Å². The Hall–Kier alpha value is -2.06. The Bertz CT molecular complexity index is 970. The summed E-state index contributed by atoms with van der Waals surface area (Å²) in [6, 6.07) is 12.0. The Balaban J connectivity index is 1.43. The summed E-state index contributed by atoms with van der Waals surface area (Å²) >= 11 is 7.11. The van der Waals surface area contributed by atoms with E-state index in [9.17, 15) is 9.59 Å². The minimum Gasteiger partial charge on any atom is -0.483 e. The van der Waals surface area contributed by atoms with Crippen LogP contribution in [-0.4, -0.2) is 61.0 Å². The SMILES string of the molecule is CCC(C)c1ccc(OCC(=O)N2CCN(C(=O)COc3ccc(C(C)CC)cc3Br)CC2)c(Br)c1. The zero-order valence-corrected chi connectivity index (χ0v) is 24.7. The van der Waals surface area contributed by atoms with Crippen molar-refractivity contribution < 1.29 is 19.1 Å². The summed E-state index contributed by atoms with van der Waals surface area (Å²) < 4.78 is 13.3. The third-order valence-electron chi connectivity index (χ3n) is 6.96. The first-order valence-corrected chi connectivity index (χ1v) is 14.2. The minimum absolute atomic E-state index is 0.0288. The maximum absolute atomic E-state index is 12.7. The topological polar surface area (TPSA) is 59.1 Å². The molecule has 1 heterocycles. The van der Waals surface area contributed by atoms with E-state index in [0.717, 1.165) is 21.8 Å². The number of halogens is 2. The molecule has 0 N–H and O–H groups in total. The largest absolute Gasteiger partial charge is 0.483 e. The standard InChI is InChI=1S/C28H36Br2N2O4/c1-5-19(3)21-7-9-25(23(29)15-21)35-17-27(33)31-11-13-32(14-12-31)28(34)18-36-26-10-8-22(16-24(26)30)20(4)6-2/h7-10,15-16,19-20H,5-6,11-14,17-18H2,1-4H3. The monoisotopic (exact) mass is 622 g/mol. The maximum atomic E-state index is 12.7. The van der Waals surface area contributed by atoms with Crippen molar-refractivity contribution in [2.24, 2.45) is 0 Å². The Labute approximate surface area is 231 Å².